The summed E-state index contributed by atoms with van der Waals surface area (Å²) < 4.78 is 21.1. The molecule has 1 atom stereocenters. The van der Waals surface area contributed by atoms with Crippen molar-refractivity contribution in [1.82, 2.24) is 4.57 Å². The van der Waals surface area contributed by atoms with Crippen LogP contribution in [0.3, 0.4) is 0 Å². The van der Waals surface area contributed by atoms with Crippen LogP contribution in [-0.4, -0.2) is 17.1 Å². The molecule has 3 aromatic carbocycles. The van der Waals surface area contributed by atoms with Crippen LogP contribution in [0.1, 0.15) is 29.7 Å². The van der Waals surface area contributed by atoms with Crippen LogP contribution in [0.2, 0.25) is 5.02 Å². The van der Waals surface area contributed by atoms with Crippen molar-refractivity contribution in [1.29, 1.82) is 0 Å². The van der Waals surface area contributed by atoms with E-state index in [0.717, 1.165) is 0 Å². The number of esters is 1. The van der Waals surface area contributed by atoms with Crippen molar-refractivity contribution in [3.8, 4) is 0 Å². The van der Waals surface area contributed by atoms with Crippen molar-refractivity contribution in [2.45, 2.75) is 13.0 Å². The van der Waals surface area contributed by atoms with Crippen molar-refractivity contribution in [2.24, 2.45) is 4.99 Å². The molecule has 180 valence electrons. The molecule has 1 aliphatic rings. The number of nitrogens with zero attached hydrogens (tertiary/aromatic N) is 2. The molecule has 36 heavy (non-hydrogen) atoms. The Labute approximate surface area is 215 Å². The van der Waals surface area contributed by atoms with E-state index in [2.05, 4.69) is 0 Å². The third-order valence-electron chi connectivity index (χ3n) is 5.75. The van der Waals surface area contributed by atoms with Crippen molar-refractivity contribution in [3.05, 3.63) is 132 Å². The SMILES string of the molecule is CCOC(=O)C1=C(c2ccccc2)N=c2s/c(=C/c3ccccc3Cl)c(=O)n2[C@H]1c1ccc(F)cc1. The molecule has 5 nitrogen and oxygen atoms in total. The summed E-state index contributed by atoms with van der Waals surface area (Å²) in [5, 5.41) is 0.510. The molecule has 0 unspecified atom stereocenters. The van der Waals surface area contributed by atoms with Crippen molar-refractivity contribution >= 4 is 40.7 Å². The van der Waals surface area contributed by atoms with Gasteiger partial charge in [0.25, 0.3) is 5.56 Å². The predicted octanol–water partition coefficient (Wildman–Crippen LogP) is 4.73. The largest absolute Gasteiger partial charge is 0.463 e. The van der Waals surface area contributed by atoms with Gasteiger partial charge < -0.3 is 4.74 Å². The highest BCUT2D eigenvalue weighted by molar-refractivity contribution is 7.07. The lowest BCUT2D eigenvalue weighted by Crippen LogP contribution is -2.40. The second-order valence-electron chi connectivity index (χ2n) is 8.00. The second-order valence-corrected chi connectivity index (χ2v) is 9.42. The lowest BCUT2D eigenvalue weighted by molar-refractivity contribution is -0.138. The Hall–Kier alpha value is -3.81. The van der Waals surface area contributed by atoms with E-state index in [0.29, 0.717) is 36.7 Å². The first-order chi connectivity index (χ1) is 17.5. The lowest BCUT2D eigenvalue weighted by atomic mass is 9.93. The van der Waals surface area contributed by atoms with Crippen LogP contribution < -0.4 is 14.9 Å². The van der Waals surface area contributed by atoms with Gasteiger partial charge in [-0.1, -0.05) is 83.6 Å². The number of rotatable bonds is 5. The van der Waals surface area contributed by atoms with Crippen LogP contribution in [0.4, 0.5) is 4.39 Å². The molecular weight excluding hydrogens is 499 g/mol. The molecule has 0 radical (unpaired) electrons. The smallest absolute Gasteiger partial charge is 0.338 e. The number of hydrogen-bond donors (Lipinski definition) is 0. The molecule has 5 rings (SSSR count). The minimum Gasteiger partial charge on any atom is -0.463 e. The molecule has 2 heterocycles. The molecule has 0 amide bonds. The standard InChI is InChI=1S/C28H20ClFN2O3S/c1-2-35-27(34)23-24(17-8-4-3-5-9-17)31-28-32(25(23)18-12-14-20(30)15-13-18)26(33)22(36-28)16-19-10-6-7-11-21(19)29/h3-16,25H,2H2,1H3/b22-16+/t25-/m0/s1. The molecule has 1 aromatic heterocycles. The van der Waals surface area contributed by atoms with Crippen LogP contribution in [0.5, 0.6) is 0 Å². The molecule has 0 spiro atoms. The van der Waals surface area contributed by atoms with E-state index in [1.807, 2.05) is 48.5 Å². The van der Waals surface area contributed by atoms with E-state index in [-0.39, 0.29) is 17.7 Å². The predicted molar refractivity (Wildman–Crippen MR) is 139 cm³/mol. The molecular formula is C28H20ClFN2O3S. The molecule has 0 N–H and O–H groups in total. The summed E-state index contributed by atoms with van der Waals surface area (Å²) in [5.41, 5.74) is 2.25. The molecule has 0 bridgehead atoms. The van der Waals surface area contributed by atoms with Crippen LogP contribution in [0.25, 0.3) is 11.8 Å². The van der Waals surface area contributed by atoms with Gasteiger partial charge in [0.05, 0.1) is 28.5 Å². The first-order valence-electron chi connectivity index (χ1n) is 11.3. The number of fused-ring (bicyclic) bond motifs is 1. The highest BCUT2D eigenvalue weighted by Crippen LogP contribution is 2.35. The Balaban J connectivity index is 1.84. The lowest BCUT2D eigenvalue weighted by Gasteiger charge is -2.25. The maximum atomic E-state index is 13.8. The molecule has 0 saturated carbocycles. The Morgan fingerprint density at radius 1 is 1.08 bits per heavy atom. The van der Waals surface area contributed by atoms with E-state index in [1.165, 1.54) is 28.0 Å². The summed E-state index contributed by atoms with van der Waals surface area (Å²) in [6.45, 7) is 1.86. The molecule has 0 saturated heterocycles. The minimum absolute atomic E-state index is 0.150. The fourth-order valence-corrected chi connectivity index (χ4v) is 5.32. The Bertz CT molecular complexity index is 1660. The Kier molecular flexibility index (Phi) is 6.67. The van der Waals surface area contributed by atoms with E-state index >= 15 is 0 Å². The quantitative estimate of drug-likeness (QED) is 0.359. The van der Waals surface area contributed by atoms with Crippen LogP contribution in [0, 0.1) is 5.82 Å². The molecule has 0 fully saturated rings. The van der Waals surface area contributed by atoms with Gasteiger partial charge in [-0.3, -0.25) is 9.36 Å². The van der Waals surface area contributed by atoms with E-state index in [4.69, 9.17) is 21.3 Å². The number of hydrogen-bond acceptors (Lipinski definition) is 5. The third kappa shape index (κ3) is 4.43. The Morgan fingerprint density at radius 3 is 2.47 bits per heavy atom. The first kappa shape index (κ1) is 23.9. The van der Waals surface area contributed by atoms with Gasteiger partial charge in [-0.2, -0.15) is 0 Å². The maximum Gasteiger partial charge on any atom is 0.338 e. The number of carbonyl (C=O) groups excluding carboxylic acids is 1. The summed E-state index contributed by atoms with van der Waals surface area (Å²) in [6, 6.07) is 21.4. The van der Waals surface area contributed by atoms with Crippen LogP contribution in [0.15, 0.2) is 94.2 Å². The molecule has 8 heteroatoms. The van der Waals surface area contributed by atoms with Crippen LogP contribution >= 0.6 is 22.9 Å². The number of carbonyl (C=O) groups is 1. The highest BCUT2D eigenvalue weighted by Gasteiger charge is 2.35. The van der Waals surface area contributed by atoms with Crippen molar-refractivity contribution in [2.75, 3.05) is 6.61 Å². The number of thiazole rings is 1. The zero-order valence-corrected chi connectivity index (χ0v) is 20.7. The van der Waals surface area contributed by atoms with E-state index < -0.39 is 17.8 Å². The molecule has 4 aromatic rings. The van der Waals surface area contributed by atoms with Gasteiger partial charge in [-0.15, -0.1) is 0 Å². The normalized spacial score (nSPS) is 15.4. The fraction of sp³-hybridized carbons (Fsp3) is 0.107. The summed E-state index contributed by atoms with van der Waals surface area (Å²) in [5.74, 6) is -1.01. The van der Waals surface area contributed by atoms with Crippen LogP contribution in [-0.2, 0) is 9.53 Å². The average Bonchev–Trinajstić information content (AvgIpc) is 3.20. The van der Waals surface area contributed by atoms with Gasteiger partial charge in [-0.25, -0.2) is 14.2 Å². The number of ether oxygens (including phenoxy) is 1. The monoisotopic (exact) mass is 518 g/mol. The maximum absolute atomic E-state index is 13.8. The van der Waals surface area contributed by atoms with Crippen molar-refractivity contribution in [3.63, 3.8) is 0 Å². The summed E-state index contributed by atoms with van der Waals surface area (Å²) >= 11 is 7.53. The second kappa shape index (κ2) is 10.0. The zero-order chi connectivity index (χ0) is 25.2. The molecule has 0 aliphatic carbocycles. The zero-order valence-electron chi connectivity index (χ0n) is 19.2. The first-order valence-corrected chi connectivity index (χ1v) is 12.5. The topological polar surface area (TPSA) is 60.7 Å². The summed E-state index contributed by atoms with van der Waals surface area (Å²) in [7, 11) is 0. The average molecular weight is 519 g/mol. The fourth-order valence-electron chi connectivity index (χ4n) is 4.13. The molecule has 1 aliphatic heterocycles. The summed E-state index contributed by atoms with van der Waals surface area (Å²) in [4.78, 5) is 32.3. The number of aromatic nitrogens is 1. The Morgan fingerprint density at radius 2 is 1.78 bits per heavy atom. The summed E-state index contributed by atoms with van der Waals surface area (Å²) in [6.07, 6.45) is 1.71. The van der Waals surface area contributed by atoms with Crippen molar-refractivity contribution < 1.29 is 13.9 Å². The van der Waals surface area contributed by atoms with Gasteiger partial charge >= 0.3 is 5.97 Å². The van der Waals surface area contributed by atoms with E-state index in [9.17, 15) is 14.0 Å². The van der Waals surface area contributed by atoms with Gasteiger partial charge in [-0.05, 0) is 42.3 Å². The number of halogens is 2. The number of benzene rings is 3. The van der Waals surface area contributed by atoms with Gasteiger partial charge in [0, 0.05) is 10.6 Å². The van der Waals surface area contributed by atoms with E-state index in [1.54, 1.807) is 31.2 Å². The van der Waals surface area contributed by atoms with Gasteiger partial charge in [0.15, 0.2) is 4.80 Å². The third-order valence-corrected chi connectivity index (χ3v) is 7.08. The highest BCUT2D eigenvalue weighted by atomic mass is 35.5. The van der Waals surface area contributed by atoms with Gasteiger partial charge in [0.2, 0.25) is 0 Å². The minimum atomic E-state index is -0.857. The van der Waals surface area contributed by atoms with Gasteiger partial charge in [0.1, 0.15) is 5.82 Å².